The second-order valence-electron chi connectivity index (χ2n) is 6.85. The zero-order chi connectivity index (χ0) is 18.7. The fourth-order valence-corrected chi connectivity index (χ4v) is 3.44. The molecule has 8 nitrogen and oxygen atoms in total. The number of aryl methyl sites for hydroxylation is 3. The van der Waals surface area contributed by atoms with E-state index in [-0.39, 0.29) is 18.0 Å². The van der Waals surface area contributed by atoms with Crippen LogP contribution in [0.5, 0.6) is 0 Å². The number of nitrogens with zero attached hydrogens (tertiary/aromatic N) is 5. The molecule has 2 N–H and O–H groups in total. The van der Waals surface area contributed by atoms with Gasteiger partial charge in [-0.05, 0) is 33.7 Å². The van der Waals surface area contributed by atoms with Crippen molar-refractivity contribution >= 4 is 11.7 Å². The van der Waals surface area contributed by atoms with Crippen molar-refractivity contribution in [3.8, 4) is 0 Å². The summed E-state index contributed by atoms with van der Waals surface area (Å²) < 4.78 is 1.71. The number of nitrogens with one attached hydrogen (secondary N) is 2. The topological polar surface area (TPSA) is 88.0 Å². The van der Waals surface area contributed by atoms with E-state index < -0.39 is 0 Å². The monoisotopic (exact) mass is 357 g/mol. The molecular formula is C18H27N7O. The van der Waals surface area contributed by atoms with Crippen molar-refractivity contribution in [1.82, 2.24) is 30.4 Å². The molecule has 2 aromatic heterocycles. The van der Waals surface area contributed by atoms with Crippen LogP contribution in [0.15, 0.2) is 18.5 Å². The zero-order valence-electron chi connectivity index (χ0n) is 15.9. The summed E-state index contributed by atoms with van der Waals surface area (Å²) >= 11 is 0. The van der Waals surface area contributed by atoms with Crippen molar-refractivity contribution in [2.45, 2.75) is 38.8 Å². The van der Waals surface area contributed by atoms with Gasteiger partial charge in [-0.25, -0.2) is 9.97 Å². The summed E-state index contributed by atoms with van der Waals surface area (Å²) in [5.74, 6) is 1.76. The molecule has 26 heavy (non-hydrogen) atoms. The maximum absolute atomic E-state index is 12.6. The van der Waals surface area contributed by atoms with E-state index >= 15 is 0 Å². The van der Waals surface area contributed by atoms with E-state index in [1.165, 1.54) is 0 Å². The summed E-state index contributed by atoms with van der Waals surface area (Å²) in [6.45, 7) is 5.65. The minimum Gasteiger partial charge on any atom is -0.356 e. The number of piperidine rings is 1. The van der Waals surface area contributed by atoms with Crippen LogP contribution in [0.1, 0.15) is 36.0 Å². The number of carbonyl (C=O) groups is 1. The molecule has 1 atom stereocenters. The third-order valence-corrected chi connectivity index (χ3v) is 4.73. The number of hydrogen-bond acceptors (Lipinski definition) is 6. The van der Waals surface area contributed by atoms with Gasteiger partial charge in [-0.3, -0.25) is 9.48 Å². The normalized spacial score (nSPS) is 16.5. The highest BCUT2D eigenvalue weighted by atomic mass is 16.2. The number of rotatable bonds is 5. The van der Waals surface area contributed by atoms with E-state index in [0.717, 1.165) is 48.8 Å². The summed E-state index contributed by atoms with van der Waals surface area (Å²) in [6.07, 6.45) is 5.39. The van der Waals surface area contributed by atoms with Crippen LogP contribution in [0, 0.1) is 13.8 Å². The first-order valence-electron chi connectivity index (χ1n) is 8.99. The Morgan fingerprint density at radius 2 is 2.00 bits per heavy atom. The van der Waals surface area contributed by atoms with E-state index in [0.29, 0.717) is 0 Å². The average Bonchev–Trinajstić information content (AvgIpc) is 3.01. The first-order valence-corrected chi connectivity index (χ1v) is 8.99. The predicted octanol–water partition coefficient (Wildman–Crippen LogP) is 0.873. The summed E-state index contributed by atoms with van der Waals surface area (Å²) in [6, 6.07) is 1.81. The highest BCUT2D eigenvalue weighted by Gasteiger charge is 2.26. The molecule has 0 radical (unpaired) electrons. The molecular weight excluding hydrogens is 330 g/mol. The van der Waals surface area contributed by atoms with Gasteiger partial charge in [0.25, 0.3) is 0 Å². The molecule has 0 saturated carbocycles. The van der Waals surface area contributed by atoms with Crippen molar-refractivity contribution in [3.63, 3.8) is 0 Å². The molecule has 2 aromatic rings. The number of amides is 1. The maximum atomic E-state index is 12.6. The molecule has 0 spiro atoms. The molecule has 0 bridgehead atoms. The maximum Gasteiger partial charge on any atom is 0.242 e. The van der Waals surface area contributed by atoms with Gasteiger partial charge in [0, 0.05) is 49.7 Å². The van der Waals surface area contributed by atoms with Gasteiger partial charge < -0.3 is 15.5 Å². The van der Waals surface area contributed by atoms with Crippen LogP contribution in [-0.2, 0) is 11.8 Å². The largest absolute Gasteiger partial charge is 0.356 e. The molecule has 3 rings (SSSR count). The van der Waals surface area contributed by atoms with Gasteiger partial charge >= 0.3 is 0 Å². The Hall–Kier alpha value is -2.48. The lowest BCUT2D eigenvalue weighted by Gasteiger charge is -2.34. The zero-order valence-corrected chi connectivity index (χ0v) is 15.9. The van der Waals surface area contributed by atoms with Crippen LogP contribution in [0.25, 0.3) is 0 Å². The third-order valence-electron chi connectivity index (χ3n) is 4.73. The Bertz CT molecular complexity index is 744. The van der Waals surface area contributed by atoms with Crippen molar-refractivity contribution in [3.05, 3.63) is 35.5 Å². The Labute approximate surface area is 154 Å². The quantitative estimate of drug-likeness (QED) is 0.826. The van der Waals surface area contributed by atoms with Crippen molar-refractivity contribution in [2.75, 3.05) is 25.0 Å². The second kappa shape index (κ2) is 7.82. The molecule has 1 fully saturated rings. The minimum atomic E-state index is -0.381. The van der Waals surface area contributed by atoms with Crippen LogP contribution in [0.3, 0.4) is 0 Å². The Kier molecular flexibility index (Phi) is 5.51. The van der Waals surface area contributed by atoms with Crippen molar-refractivity contribution < 1.29 is 4.79 Å². The van der Waals surface area contributed by atoms with Gasteiger partial charge in [-0.2, -0.15) is 5.10 Å². The first-order chi connectivity index (χ1) is 12.5. The van der Waals surface area contributed by atoms with Crippen LogP contribution in [-0.4, -0.2) is 51.8 Å². The molecule has 1 aliphatic heterocycles. The molecule has 0 aliphatic carbocycles. The average molecular weight is 357 g/mol. The summed E-state index contributed by atoms with van der Waals surface area (Å²) in [4.78, 5) is 23.8. The number of hydrogen-bond donors (Lipinski definition) is 2. The molecule has 1 aliphatic rings. The lowest BCUT2D eigenvalue weighted by atomic mass is 10.0. The Morgan fingerprint density at radius 3 is 2.58 bits per heavy atom. The van der Waals surface area contributed by atoms with Crippen LogP contribution in [0.2, 0.25) is 0 Å². The van der Waals surface area contributed by atoms with E-state index in [2.05, 4.69) is 30.6 Å². The molecule has 1 amide bonds. The van der Waals surface area contributed by atoms with Crippen LogP contribution >= 0.6 is 0 Å². The summed E-state index contributed by atoms with van der Waals surface area (Å²) in [7, 11) is 3.64. The van der Waals surface area contributed by atoms with Gasteiger partial charge in [-0.1, -0.05) is 0 Å². The third kappa shape index (κ3) is 4.19. The molecule has 1 saturated heterocycles. The SMILES string of the molecule is CNC(C(=O)NC1CCN(c2cc(C)nc(C)n2)CC1)c1cnn(C)c1. The van der Waals surface area contributed by atoms with E-state index in [1.54, 1.807) is 17.9 Å². The van der Waals surface area contributed by atoms with E-state index in [9.17, 15) is 4.79 Å². The lowest BCUT2D eigenvalue weighted by molar-refractivity contribution is -0.124. The van der Waals surface area contributed by atoms with E-state index in [4.69, 9.17) is 0 Å². The molecule has 0 aromatic carbocycles. The first kappa shape index (κ1) is 18.3. The van der Waals surface area contributed by atoms with Gasteiger partial charge in [0.05, 0.1) is 6.20 Å². The molecule has 8 heteroatoms. The number of anilines is 1. The standard InChI is InChI=1S/C18H27N7O/c1-12-9-16(22-13(2)21-12)25-7-5-15(6-8-25)23-18(26)17(19-3)14-10-20-24(4)11-14/h9-11,15,17,19H,5-8H2,1-4H3,(H,23,26). The highest BCUT2D eigenvalue weighted by molar-refractivity contribution is 5.83. The van der Waals surface area contributed by atoms with Crippen LogP contribution < -0.4 is 15.5 Å². The number of carbonyl (C=O) groups excluding carboxylic acids is 1. The molecule has 140 valence electrons. The number of likely N-dealkylation sites (N-methyl/N-ethyl adjacent to an activating group) is 1. The smallest absolute Gasteiger partial charge is 0.242 e. The van der Waals surface area contributed by atoms with Gasteiger partial charge in [0.15, 0.2) is 0 Å². The highest BCUT2D eigenvalue weighted by Crippen LogP contribution is 2.20. The fraction of sp³-hybridized carbons (Fsp3) is 0.556. The predicted molar refractivity (Wildman–Crippen MR) is 99.9 cm³/mol. The lowest BCUT2D eigenvalue weighted by Crippen LogP contribution is -2.47. The van der Waals surface area contributed by atoms with Gasteiger partial charge in [-0.15, -0.1) is 0 Å². The number of aromatic nitrogens is 4. The Morgan fingerprint density at radius 1 is 1.27 bits per heavy atom. The van der Waals surface area contributed by atoms with Gasteiger partial charge in [0.2, 0.25) is 5.91 Å². The minimum absolute atomic E-state index is 0.00678. The Balaban J connectivity index is 1.57. The van der Waals surface area contributed by atoms with Crippen molar-refractivity contribution in [1.29, 1.82) is 0 Å². The van der Waals surface area contributed by atoms with Crippen LogP contribution in [0.4, 0.5) is 5.82 Å². The fourth-order valence-electron chi connectivity index (χ4n) is 3.44. The second-order valence-corrected chi connectivity index (χ2v) is 6.85. The summed E-state index contributed by atoms with van der Waals surface area (Å²) in [5.41, 5.74) is 1.85. The summed E-state index contributed by atoms with van der Waals surface area (Å²) in [5, 5.41) is 10.4. The van der Waals surface area contributed by atoms with Gasteiger partial charge in [0.1, 0.15) is 17.7 Å². The molecule has 1 unspecified atom stereocenters. The van der Waals surface area contributed by atoms with E-state index in [1.807, 2.05) is 33.2 Å². The van der Waals surface area contributed by atoms with Crippen molar-refractivity contribution in [2.24, 2.45) is 7.05 Å². The molecule has 3 heterocycles.